The van der Waals surface area contributed by atoms with E-state index in [1.807, 2.05) is 13.8 Å². The van der Waals surface area contributed by atoms with Gasteiger partial charge in [0.15, 0.2) is 9.84 Å². The lowest BCUT2D eigenvalue weighted by Crippen LogP contribution is -2.57. The second-order valence-electron chi connectivity index (χ2n) is 7.31. The van der Waals surface area contributed by atoms with Crippen LogP contribution >= 0.6 is 11.6 Å². The van der Waals surface area contributed by atoms with Crippen LogP contribution in [0.4, 0.5) is 0 Å². The summed E-state index contributed by atoms with van der Waals surface area (Å²) in [5, 5.41) is 0.118. The number of aromatic nitrogens is 2. The van der Waals surface area contributed by atoms with Gasteiger partial charge in [-0.05, 0) is 50.2 Å². The number of likely N-dealkylation sites (tertiary alicyclic amines) is 1. The van der Waals surface area contributed by atoms with Crippen molar-refractivity contribution < 1.29 is 13.2 Å². The molecule has 1 aliphatic heterocycles. The molecule has 0 atom stereocenters. The van der Waals surface area contributed by atoms with E-state index in [0.717, 1.165) is 5.69 Å². The number of amides is 1. The molecular formula is C21H20ClN3O4S. The third kappa shape index (κ3) is 3.40. The Bertz CT molecular complexity index is 1310. The normalized spacial score (nSPS) is 14.7. The largest absolute Gasteiger partial charge is 0.336 e. The lowest BCUT2D eigenvalue weighted by atomic mass is 10.1. The fourth-order valence-electron chi connectivity index (χ4n) is 3.54. The summed E-state index contributed by atoms with van der Waals surface area (Å²) in [5.41, 5.74) is 0.945. The van der Waals surface area contributed by atoms with Crippen LogP contribution in [0.5, 0.6) is 0 Å². The van der Waals surface area contributed by atoms with Crippen LogP contribution in [0.3, 0.4) is 0 Å². The van der Waals surface area contributed by atoms with E-state index in [1.165, 1.54) is 35.4 Å². The molecule has 3 aromatic rings. The third-order valence-electron chi connectivity index (χ3n) is 5.35. The fourth-order valence-corrected chi connectivity index (χ4v) is 5.32. The molecule has 156 valence electrons. The lowest BCUT2D eigenvalue weighted by molar-refractivity contribution is 0.0657. The lowest BCUT2D eigenvalue weighted by Gasteiger charge is -2.38. The van der Waals surface area contributed by atoms with Crippen LogP contribution in [0.2, 0.25) is 5.02 Å². The highest BCUT2D eigenvalue weighted by molar-refractivity contribution is 7.92. The van der Waals surface area contributed by atoms with Gasteiger partial charge < -0.3 is 9.47 Å². The molecule has 0 bridgehead atoms. The summed E-state index contributed by atoms with van der Waals surface area (Å²) in [4.78, 5) is 31.8. The van der Waals surface area contributed by atoms with Gasteiger partial charge in [-0.3, -0.25) is 9.59 Å². The monoisotopic (exact) mass is 445 g/mol. The predicted octanol–water partition coefficient (Wildman–Crippen LogP) is 2.68. The summed E-state index contributed by atoms with van der Waals surface area (Å²) >= 11 is 5.83. The molecule has 0 N–H and O–H groups in total. The van der Waals surface area contributed by atoms with Crippen molar-refractivity contribution in [1.82, 2.24) is 14.5 Å². The van der Waals surface area contributed by atoms with E-state index < -0.39 is 26.4 Å². The average molecular weight is 446 g/mol. The molecule has 4 rings (SSSR count). The van der Waals surface area contributed by atoms with Crippen molar-refractivity contribution in [3.8, 4) is 0 Å². The number of aryl methyl sites for hydroxylation is 2. The number of carbonyl (C=O) groups excluding carboxylic acids is 1. The van der Waals surface area contributed by atoms with Crippen molar-refractivity contribution in [2.45, 2.75) is 30.5 Å². The maximum absolute atomic E-state index is 13.0. The molecule has 1 saturated heterocycles. The smallest absolute Gasteiger partial charge is 0.259 e. The van der Waals surface area contributed by atoms with Crippen molar-refractivity contribution in [2.24, 2.45) is 0 Å². The van der Waals surface area contributed by atoms with Gasteiger partial charge >= 0.3 is 0 Å². The Balaban J connectivity index is 1.60. The first kappa shape index (κ1) is 20.6. The van der Waals surface area contributed by atoms with E-state index in [1.54, 1.807) is 16.7 Å². The Morgan fingerprint density at radius 2 is 1.83 bits per heavy atom. The molecule has 0 spiro atoms. The fraction of sp³-hybridized carbons (Fsp3) is 0.286. The average Bonchev–Trinajstić information content (AvgIpc) is 2.67. The van der Waals surface area contributed by atoms with E-state index in [9.17, 15) is 18.0 Å². The van der Waals surface area contributed by atoms with Crippen LogP contribution in [0, 0.1) is 6.92 Å². The first-order valence-electron chi connectivity index (χ1n) is 9.52. The number of pyridine rings is 2. The zero-order valence-corrected chi connectivity index (χ0v) is 18.1. The molecule has 0 unspecified atom stereocenters. The van der Waals surface area contributed by atoms with E-state index in [4.69, 9.17) is 11.6 Å². The van der Waals surface area contributed by atoms with Crippen LogP contribution in [-0.2, 0) is 16.4 Å². The molecule has 9 heteroatoms. The van der Waals surface area contributed by atoms with Gasteiger partial charge in [-0.2, -0.15) is 0 Å². The van der Waals surface area contributed by atoms with Gasteiger partial charge in [0.05, 0.1) is 10.3 Å². The molecule has 1 fully saturated rings. The minimum atomic E-state index is -3.58. The van der Waals surface area contributed by atoms with Gasteiger partial charge in [-0.25, -0.2) is 13.4 Å². The molecule has 0 aliphatic carbocycles. The summed E-state index contributed by atoms with van der Waals surface area (Å²) in [5.74, 6) is -0.466. The van der Waals surface area contributed by atoms with Crippen LogP contribution in [0.25, 0.3) is 11.0 Å². The van der Waals surface area contributed by atoms with Crippen molar-refractivity contribution in [1.29, 1.82) is 0 Å². The molecule has 1 aromatic carbocycles. The van der Waals surface area contributed by atoms with Crippen LogP contribution in [-0.4, -0.2) is 47.1 Å². The summed E-state index contributed by atoms with van der Waals surface area (Å²) in [6.45, 7) is 4.37. The van der Waals surface area contributed by atoms with Crippen molar-refractivity contribution in [3.63, 3.8) is 0 Å². The summed E-state index contributed by atoms with van der Waals surface area (Å²) in [7, 11) is -3.58. The van der Waals surface area contributed by atoms with Crippen molar-refractivity contribution in [2.75, 3.05) is 13.1 Å². The quantitative estimate of drug-likeness (QED) is 0.616. The number of nitrogens with zero attached hydrogens (tertiary/aromatic N) is 3. The Hall–Kier alpha value is -2.71. The molecule has 3 heterocycles. The number of hydrogen-bond donors (Lipinski definition) is 0. The van der Waals surface area contributed by atoms with E-state index >= 15 is 0 Å². The topological polar surface area (TPSA) is 89.3 Å². The molecule has 1 aliphatic rings. The number of sulfone groups is 1. The highest BCUT2D eigenvalue weighted by atomic mass is 35.5. The number of carbonyl (C=O) groups is 1. The Labute approximate surface area is 178 Å². The number of benzene rings is 1. The molecular weight excluding hydrogens is 426 g/mol. The minimum absolute atomic E-state index is 0.0253. The van der Waals surface area contributed by atoms with E-state index in [2.05, 4.69) is 4.98 Å². The zero-order chi connectivity index (χ0) is 21.6. The Morgan fingerprint density at radius 1 is 1.17 bits per heavy atom. The van der Waals surface area contributed by atoms with Gasteiger partial charge in [0.25, 0.3) is 5.91 Å². The number of fused-ring (bicyclic) bond motifs is 1. The van der Waals surface area contributed by atoms with Gasteiger partial charge in [0.2, 0.25) is 5.43 Å². The van der Waals surface area contributed by atoms with Crippen LogP contribution in [0.15, 0.2) is 52.3 Å². The first-order chi connectivity index (χ1) is 14.2. The summed E-state index contributed by atoms with van der Waals surface area (Å²) in [6, 6.07) is 9.37. The van der Waals surface area contributed by atoms with Gasteiger partial charge in [-0.1, -0.05) is 11.6 Å². The third-order valence-corrected chi connectivity index (χ3v) is 7.70. The van der Waals surface area contributed by atoms with Crippen LogP contribution < -0.4 is 5.43 Å². The second kappa shape index (κ2) is 7.52. The summed E-state index contributed by atoms with van der Waals surface area (Å²) < 4.78 is 27.3. The molecule has 7 nitrogen and oxygen atoms in total. The predicted molar refractivity (Wildman–Crippen MR) is 115 cm³/mol. The van der Waals surface area contributed by atoms with Gasteiger partial charge in [-0.15, -0.1) is 0 Å². The maximum atomic E-state index is 13.0. The molecule has 30 heavy (non-hydrogen) atoms. The molecule has 0 radical (unpaired) electrons. The minimum Gasteiger partial charge on any atom is -0.336 e. The molecule has 0 saturated carbocycles. The Morgan fingerprint density at radius 3 is 2.47 bits per heavy atom. The summed E-state index contributed by atoms with van der Waals surface area (Å²) in [6.07, 6.45) is 1.51. The highest BCUT2D eigenvalue weighted by Crippen LogP contribution is 2.26. The number of rotatable bonds is 4. The SMILES string of the molecule is CCn1cc(C(=O)N2CC(S(=O)(=O)c3ccc(Cl)cc3)C2)c(=O)c2ccc(C)nc21. The van der Waals surface area contributed by atoms with Crippen LogP contribution in [0.1, 0.15) is 23.0 Å². The number of hydrogen-bond acceptors (Lipinski definition) is 5. The van der Waals surface area contributed by atoms with Gasteiger partial charge in [0.1, 0.15) is 16.5 Å². The highest BCUT2D eigenvalue weighted by Gasteiger charge is 2.41. The van der Waals surface area contributed by atoms with E-state index in [-0.39, 0.29) is 23.5 Å². The molecule has 2 aromatic heterocycles. The van der Waals surface area contributed by atoms with Crippen molar-refractivity contribution in [3.05, 3.63) is 69.1 Å². The number of halogens is 1. The first-order valence-corrected chi connectivity index (χ1v) is 11.4. The second-order valence-corrected chi connectivity index (χ2v) is 9.98. The van der Waals surface area contributed by atoms with Gasteiger partial charge in [0, 0.05) is 36.5 Å². The zero-order valence-electron chi connectivity index (χ0n) is 16.5. The van der Waals surface area contributed by atoms with Crippen molar-refractivity contribution >= 4 is 38.4 Å². The maximum Gasteiger partial charge on any atom is 0.259 e. The van der Waals surface area contributed by atoms with E-state index in [0.29, 0.717) is 22.6 Å². The molecule has 1 amide bonds. The standard InChI is InChI=1S/C21H20ClN3O4S/c1-3-24-12-18(19(26)17-9-4-13(2)23-20(17)24)21(27)25-10-16(11-25)30(28,29)15-7-5-14(22)6-8-15/h4-9,12,16H,3,10-11H2,1-2H3. The Kier molecular flexibility index (Phi) is 5.15.